The summed E-state index contributed by atoms with van der Waals surface area (Å²) in [6.07, 6.45) is 6.41. The molecule has 0 radical (unpaired) electrons. The van der Waals surface area contributed by atoms with Crippen LogP contribution in [0.2, 0.25) is 0 Å². The summed E-state index contributed by atoms with van der Waals surface area (Å²) in [6, 6.07) is 0. The van der Waals surface area contributed by atoms with Crippen LogP contribution in [-0.4, -0.2) is 9.97 Å². The van der Waals surface area contributed by atoms with Crippen LogP contribution in [0.1, 0.15) is 38.4 Å². The first-order valence-corrected chi connectivity index (χ1v) is 4.76. The third kappa shape index (κ3) is 1.26. The number of imidazole rings is 1. The van der Waals surface area contributed by atoms with E-state index in [9.17, 15) is 0 Å². The Bertz CT molecular complexity index is 232. The zero-order valence-corrected chi connectivity index (χ0v) is 7.75. The molecule has 0 unspecified atom stereocenters. The summed E-state index contributed by atoms with van der Waals surface area (Å²) >= 11 is 0. The van der Waals surface area contributed by atoms with Crippen LogP contribution in [0, 0.1) is 11.8 Å². The molecule has 0 spiro atoms. The fourth-order valence-electron chi connectivity index (χ4n) is 1.93. The first-order chi connectivity index (χ1) is 5.77. The third-order valence-electron chi connectivity index (χ3n) is 3.02. The van der Waals surface area contributed by atoms with Gasteiger partial charge in [-0.05, 0) is 24.7 Å². The smallest absolute Gasteiger partial charge is 0.109 e. The minimum Gasteiger partial charge on any atom is -0.348 e. The molecule has 12 heavy (non-hydrogen) atoms. The van der Waals surface area contributed by atoms with Crippen molar-refractivity contribution in [1.29, 1.82) is 0 Å². The largest absolute Gasteiger partial charge is 0.348 e. The van der Waals surface area contributed by atoms with Gasteiger partial charge in [0, 0.05) is 18.3 Å². The minimum absolute atomic E-state index is 0.715. The summed E-state index contributed by atoms with van der Waals surface area (Å²) in [6.45, 7) is 4.62. The second-order valence-electron chi connectivity index (χ2n) is 4.15. The Labute approximate surface area is 73.4 Å². The number of nitrogens with zero attached hydrogens (tertiary/aromatic N) is 1. The van der Waals surface area contributed by atoms with Gasteiger partial charge in [-0.3, -0.25) is 0 Å². The molecule has 0 saturated heterocycles. The van der Waals surface area contributed by atoms with Crippen molar-refractivity contribution in [1.82, 2.24) is 9.97 Å². The summed E-state index contributed by atoms with van der Waals surface area (Å²) in [5.41, 5.74) is 0. The molecule has 1 aliphatic carbocycles. The average molecular weight is 164 g/mol. The molecule has 1 aromatic rings. The van der Waals surface area contributed by atoms with Crippen LogP contribution < -0.4 is 0 Å². The molecular weight excluding hydrogens is 148 g/mol. The lowest BCUT2D eigenvalue weighted by molar-refractivity contribution is 0.191. The van der Waals surface area contributed by atoms with Gasteiger partial charge >= 0.3 is 0 Å². The summed E-state index contributed by atoms with van der Waals surface area (Å²) < 4.78 is 0. The number of hydrogen-bond donors (Lipinski definition) is 1. The minimum atomic E-state index is 0.715. The molecule has 1 heterocycles. The summed E-state index contributed by atoms with van der Waals surface area (Å²) in [4.78, 5) is 7.46. The van der Waals surface area contributed by atoms with Crippen molar-refractivity contribution in [2.75, 3.05) is 0 Å². The van der Waals surface area contributed by atoms with Crippen molar-refractivity contribution in [2.24, 2.45) is 11.8 Å². The molecule has 0 aliphatic heterocycles. The highest BCUT2D eigenvalue weighted by Crippen LogP contribution is 2.43. The van der Waals surface area contributed by atoms with Gasteiger partial charge in [0.25, 0.3) is 0 Å². The predicted octanol–water partition coefficient (Wildman–Crippen LogP) is 2.56. The van der Waals surface area contributed by atoms with Gasteiger partial charge in [-0.1, -0.05) is 13.8 Å². The quantitative estimate of drug-likeness (QED) is 0.715. The highest BCUT2D eigenvalue weighted by atomic mass is 14.9. The first-order valence-electron chi connectivity index (χ1n) is 4.76. The maximum Gasteiger partial charge on any atom is 0.109 e. The highest BCUT2D eigenvalue weighted by Gasteiger charge is 2.33. The van der Waals surface area contributed by atoms with E-state index in [2.05, 4.69) is 23.8 Å². The van der Waals surface area contributed by atoms with Gasteiger partial charge in [-0.25, -0.2) is 4.98 Å². The van der Waals surface area contributed by atoms with Crippen LogP contribution in [0.5, 0.6) is 0 Å². The fraction of sp³-hybridized carbons (Fsp3) is 0.700. The maximum atomic E-state index is 4.28. The topological polar surface area (TPSA) is 28.7 Å². The van der Waals surface area contributed by atoms with Gasteiger partial charge < -0.3 is 4.98 Å². The molecule has 1 fully saturated rings. The SMILES string of the molecule is CC(C)C1CC(c2ncc[nH]2)C1. The molecule has 1 N–H and O–H groups in total. The second-order valence-corrected chi connectivity index (χ2v) is 4.15. The van der Waals surface area contributed by atoms with E-state index in [1.54, 1.807) is 0 Å². The van der Waals surface area contributed by atoms with Gasteiger partial charge in [-0.2, -0.15) is 0 Å². The van der Waals surface area contributed by atoms with E-state index in [1.165, 1.54) is 18.7 Å². The van der Waals surface area contributed by atoms with Crippen LogP contribution in [-0.2, 0) is 0 Å². The van der Waals surface area contributed by atoms with Crippen LogP contribution in [0.3, 0.4) is 0 Å². The highest BCUT2D eigenvalue weighted by molar-refractivity contribution is 5.03. The van der Waals surface area contributed by atoms with Crippen molar-refractivity contribution in [3.8, 4) is 0 Å². The molecule has 1 aliphatic rings. The number of H-pyrrole nitrogens is 1. The molecule has 2 nitrogen and oxygen atoms in total. The number of aromatic amines is 1. The second kappa shape index (κ2) is 2.92. The summed E-state index contributed by atoms with van der Waals surface area (Å²) in [5, 5.41) is 0. The lowest BCUT2D eigenvalue weighted by Crippen LogP contribution is -2.26. The Balaban J connectivity index is 1.90. The number of aromatic nitrogens is 2. The van der Waals surface area contributed by atoms with E-state index in [0.717, 1.165) is 11.8 Å². The summed E-state index contributed by atoms with van der Waals surface area (Å²) in [5.74, 6) is 3.68. The van der Waals surface area contributed by atoms with Crippen LogP contribution in [0.15, 0.2) is 12.4 Å². The Morgan fingerprint density at radius 3 is 2.75 bits per heavy atom. The van der Waals surface area contributed by atoms with Crippen molar-refractivity contribution >= 4 is 0 Å². The Morgan fingerprint density at radius 1 is 1.50 bits per heavy atom. The standard InChI is InChI=1S/C10H16N2/c1-7(2)8-5-9(6-8)10-11-3-4-12-10/h3-4,7-9H,5-6H2,1-2H3,(H,11,12). The van der Waals surface area contributed by atoms with E-state index >= 15 is 0 Å². The van der Waals surface area contributed by atoms with Gasteiger partial charge in [0.05, 0.1) is 0 Å². The van der Waals surface area contributed by atoms with E-state index < -0.39 is 0 Å². The lowest BCUT2D eigenvalue weighted by Gasteiger charge is -2.36. The Kier molecular flexibility index (Phi) is 1.91. The van der Waals surface area contributed by atoms with E-state index in [1.807, 2.05) is 12.4 Å². The fourth-order valence-corrected chi connectivity index (χ4v) is 1.93. The van der Waals surface area contributed by atoms with Crippen LogP contribution in [0.4, 0.5) is 0 Å². The molecule has 1 saturated carbocycles. The van der Waals surface area contributed by atoms with Gasteiger partial charge in [0.1, 0.15) is 5.82 Å². The zero-order chi connectivity index (χ0) is 8.55. The molecule has 66 valence electrons. The summed E-state index contributed by atoms with van der Waals surface area (Å²) in [7, 11) is 0. The number of nitrogens with one attached hydrogen (secondary N) is 1. The lowest BCUT2D eigenvalue weighted by atomic mass is 9.69. The Hall–Kier alpha value is -0.790. The van der Waals surface area contributed by atoms with E-state index in [-0.39, 0.29) is 0 Å². The monoisotopic (exact) mass is 164 g/mol. The van der Waals surface area contributed by atoms with E-state index in [0.29, 0.717) is 5.92 Å². The van der Waals surface area contributed by atoms with Crippen LogP contribution in [0.25, 0.3) is 0 Å². The normalized spacial score (nSPS) is 28.9. The Morgan fingerprint density at radius 2 is 2.25 bits per heavy atom. The molecule has 0 bridgehead atoms. The molecular formula is C10H16N2. The number of rotatable bonds is 2. The van der Waals surface area contributed by atoms with Gasteiger partial charge in [0.15, 0.2) is 0 Å². The molecule has 2 rings (SSSR count). The molecule has 0 atom stereocenters. The van der Waals surface area contributed by atoms with Crippen molar-refractivity contribution in [3.05, 3.63) is 18.2 Å². The van der Waals surface area contributed by atoms with Gasteiger partial charge in [0.2, 0.25) is 0 Å². The van der Waals surface area contributed by atoms with E-state index in [4.69, 9.17) is 0 Å². The van der Waals surface area contributed by atoms with Crippen LogP contribution >= 0.6 is 0 Å². The van der Waals surface area contributed by atoms with Gasteiger partial charge in [-0.15, -0.1) is 0 Å². The number of hydrogen-bond acceptors (Lipinski definition) is 1. The average Bonchev–Trinajstić information content (AvgIpc) is 2.34. The molecule has 0 aromatic carbocycles. The van der Waals surface area contributed by atoms with Crippen molar-refractivity contribution in [2.45, 2.75) is 32.6 Å². The molecule has 0 amide bonds. The molecule has 1 aromatic heterocycles. The third-order valence-corrected chi connectivity index (χ3v) is 3.02. The zero-order valence-electron chi connectivity index (χ0n) is 7.75. The van der Waals surface area contributed by atoms with Crippen molar-refractivity contribution in [3.63, 3.8) is 0 Å². The maximum absolute atomic E-state index is 4.28. The van der Waals surface area contributed by atoms with Crippen molar-refractivity contribution < 1.29 is 0 Å². The first kappa shape index (κ1) is 7.84. The molecule has 2 heteroatoms. The predicted molar refractivity (Wildman–Crippen MR) is 48.9 cm³/mol.